The molecule has 6 atom stereocenters. The number of aliphatic hydroxyl groups excluding tert-OH is 2. The molecule has 0 saturated carbocycles. The number of anilines is 1. The average molecular weight is 429 g/mol. The van der Waals surface area contributed by atoms with Gasteiger partial charge in [-0.3, -0.25) is 19.0 Å². The quantitative estimate of drug-likeness (QED) is 0.221. The second-order valence-electron chi connectivity index (χ2n) is 6.66. The van der Waals surface area contributed by atoms with E-state index < -0.39 is 73.2 Å². The number of carbonyl (C=O) groups is 3. The Morgan fingerprint density at radius 2 is 2.00 bits per heavy atom. The van der Waals surface area contributed by atoms with Gasteiger partial charge in [0.2, 0.25) is 5.91 Å². The van der Waals surface area contributed by atoms with Gasteiger partial charge in [-0.1, -0.05) is 0 Å². The Balaban J connectivity index is 2.05. The van der Waals surface area contributed by atoms with Gasteiger partial charge in [0.25, 0.3) is 0 Å². The fraction of sp³-hybridized carbons (Fsp3) is 0.562. The van der Waals surface area contributed by atoms with Crippen molar-refractivity contribution >= 4 is 23.7 Å². The van der Waals surface area contributed by atoms with Crippen molar-refractivity contribution in [3.05, 3.63) is 22.7 Å². The van der Waals surface area contributed by atoms with Crippen LogP contribution in [0.5, 0.6) is 0 Å². The smallest absolute Gasteiger partial charge is 0.351 e. The van der Waals surface area contributed by atoms with E-state index in [1.165, 1.54) is 13.0 Å². The van der Waals surface area contributed by atoms with Crippen molar-refractivity contribution in [2.45, 2.75) is 50.0 Å². The van der Waals surface area contributed by atoms with Crippen LogP contribution in [0.25, 0.3) is 0 Å². The molecule has 1 aromatic rings. The number of nitrogens with two attached hydrogens (primary N) is 2. The summed E-state index contributed by atoms with van der Waals surface area (Å²) in [5.41, 5.74) is 9.69. The molecule has 1 fully saturated rings. The molecule has 8 N–H and O–H groups in total. The Hall–Kier alpha value is -2.91. The summed E-state index contributed by atoms with van der Waals surface area (Å²) >= 11 is 0. The van der Waals surface area contributed by atoms with Gasteiger partial charge in [-0.15, -0.1) is 0 Å². The number of nitrogens with zero attached hydrogens (tertiary/aromatic N) is 2. The van der Waals surface area contributed by atoms with Gasteiger partial charge in [0.1, 0.15) is 42.8 Å². The zero-order chi connectivity index (χ0) is 22.6. The highest BCUT2D eigenvalue weighted by Gasteiger charge is 2.44. The van der Waals surface area contributed by atoms with Gasteiger partial charge >= 0.3 is 17.6 Å². The molecule has 0 bridgehead atoms. The highest BCUT2D eigenvalue weighted by Crippen LogP contribution is 2.28. The monoisotopic (exact) mass is 429 g/mol. The standard InChI is InChI=1S/C16H23N5O9/c1-6(17)15(27)29-5-8-11(23)12(24)13(30-8)21-3-2-9(20-16(21)28)19-10(22)4-7(18)14(25)26/h2-3,6-8,11-13,23-24H,4-5,17-18H2,1H3,(H,25,26)(H,19,20,22,28)/t6-,7-,8+,11?,12?,13+/m0/s1. The van der Waals surface area contributed by atoms with E-state index in [0.29, 0.717) is 0 Å². The zero-order valence-corrected chi connectivity index (χ0v) is 15.9. The zero-order valence-electron chi connectivity index (χ0n) is 15.9. The molecule has 0 aromatic carbocycles. The molecule has 1 aromatic heterocycles. The van der Waals surface area contributed by atoms with E-state index in [-0.39, 0.29) is 5.82 Å². The molecule has 1 aliphatic rings. The first-order valence-electron chi connectivity index (χ1n) is 8.82. The largest absolute Gasteiger partial charge is 0.480 e. The first kappa shape index (κ1) is 23.4. The van der Waals surface area contributed by atoms with E-state index in [9.17, 15) is 29.4 Å². The Labute approximate surface area is 169 Å². The van der Waals surface area contributed by atoms with Crippen molar-refractivity contribution in [1.29, 1.82) is 0 Å². The van der Waals surface area contributed by atoms with Gasteiger partial charge < -0.3 is 41.6 Å². The molecule has 0 spiro atoms. The third-order valence-corrected chi connectivity index (χ3v) is 4.19. The normalized spacial score (nSPS) is 25.4. The van der Waals surface area contributed by atoms with Crippen molar-refractivity contribution in [2.24, 2.45) is 11.5 Å². The molecule has 2 heterocycles. The van der Waals surface area contributed by atoms with E-state index >= 15 is 0 Å². The first-order valence-corrected chi connectivity index (χ1v) is 8.82. The molecule has 2 rings (SSSR count). The first-order chi connectivity index (χ1) is 14.0. The SMILES string of the molecule is C[C@H](N)C(=O)OC[C@H]1O[C@@H](n2ccc(NC(=O)C[C@H](N)C(=O)O)nc2=O)C(O)C1O. The molecular weight excluding hydrogens is 406 g/mol. The van der Waals surface area contributed by atoms with Crippen molar-refractivity contribution in [3.63, 3.8) is 0 Å². The second-order valence-corrected chi connectivity index (χ2v) is 6.66. The molecule has 2 unspecified atom stereocenters. The number of hydrogen-bond donors (Lipinski definition) is 6. The van der Waals surface area contributed by atoms with Gasteiger partial charge in [0, 0.05) is 6.20 Å². The lowest BCUT2D eigenvalue weighted by molar-refractivity contribution is -0.151. The van der Waals surface area contributed by atoms with Crippen LogP contribution in [0.1, 0.15) is 19.6 Å². The summed E-state index contributed by atoms with van der Waals surface area (Å²) in [5.74, 6) is -3.03. The minimum atomic E-state index is -1.53. The molecular formula is C16H23N5O9. The maximum Gasteiger partial charge on any atom is 0.351 e. The number of amides is 1. The van der Waals surface area contributed by atoms with Gasteiger partial charge in [-0.2, -0.15) is 4.98 Å². The van der Waals surface area contributed by atoms with Gasteiger partial charge in [0.15, 0.2) is 6.23 Å². The minimum Gasteiger partial charge on any atom is -0.480 e. The molecule has 166 valence electrons. The summed E-state index contributed by atoms with van der Waals surface area (Å²) in [7, 11) is 0. The number of esters is 1. The lowest BCUT2D eigenvalue weighted by Gasteiger charge is -2.17. The summed E-state index contributed by atoms with van der Waals surface area (Å²) in [6, 6.07) is -1.09. The maximum absolute atomic E-state index is 12.3. The third-order valence-electron chi connectivity index (χ3n) is 4.19. The number of ether oxygens (including phenoxy) is 2. The summed E-state index contributed by atoms with van der Waals surface area (Å²) in [6.45, 7) is 1.02. The summed E-state index contributed by atoms with van der Waals surface area (Å²) in [5, 5.41) is 31.2. The van der Waals surface area contributed by atoms with Gasteiger partial charge in [0.05, 0.1) is 6.42 Å². The van der Waals surface area contributed by atoms with Crippen LogP contribution < -0.4 is 22.5 Å². The number of carbonyl (C=O) groups excluding carboxylic acids is 2. The fourth-order valence-corrected chi connectivity index (χ4v) is 2.55. The van der Waals surface area contributed by atoms with Crippen molar-refractivity contribution in [1.82, 2.24) is 9.55 Å². The molecule has 1 aliphatic heterocycles. The summed E-state index contributed by atoms with van der Waals surface area (Å²) in [6.07, 6.45) is -4.81. The second kappa shape index (κ2) is 9.73. The van der Waals surface area contributed by atoms with Crippen molar-refractivity contribution in [3.8, 4) is 0 Å². The number of carboxylic acid groups (broad SMARTS) is 1. The van der Waals surface area contributed by atoms with Gasteiger partial charge in [-0.05, 0) is 13.0 Å². The summed E-state index contributed by atoms with van der Waals surface area (Å²) < 4.78 is 11.2. The molecule has 0 radical (unpaired) electrons. The third kappa shape index (κ3) is 5.58. The number of rotatable bonds is 8. The number of aromatic nitrogens is 2. The number of nitrogens with one attached hydrogen (secondary N) is 1. The van der Waals surface area contributed by atoms with Crippen LogP contribution in [0.15, 0.2) is 17.1 Å². The highest BCUT2D eigenvalue weighted by molar-refractivity contribution is 5.93. The lowest BCUT2D eigenvalue weighted by atomic mass is 10.1. The topological polar surface area (TPSA) is 229 Å². The number of hydrogen-bond acceptors (Lipinski definition) is 11. The molecule has 1 amide bonds. The summed E-state index contributed by atoms with van der Waals surface area (Å²) in [4.78, 5) is 49.7. The average Bonchev–Trinajstić information content (AvgIpc) is 2.94. The maximum atomic E-state index is 12.3. The molecule has 0 aliphatic carbocycles. The van der Waals surface area contributed by atoms with Crippen LogP contribution in [-0.4, -0.2) is 79.7 Å². The Morgan fingerprint density at radius 3 is 2.57 bits per heavy atom. The molecule has 1 saturated heterocycles. The van der Waals surface area contributed by atoms with Crippen LogP contribution in [0.3, 0.4) is 0 Å². The fourth-order valence-electron chi connectivity index (χ4n) is 2.55. The Kier molecular flexibility index (Phi) is 7.58. The van der Waals surface area contributed by atoms with Gasteiger partial charge in [-0.25, -0.2) is 4.79 Å². The van der Waals surface area contributed by atoms with Crippen molar-refractivity contribution in [2.75, 3.05) is 11.9 Å². The Bertz CT molecular complexity index is 858. The van der Waals surface area contributed by atoms with Crippen LogP contribution in [0, 0.1) is 0 Å². The predicted octanol–water partition coefficient (Wildman–Crippen LogP) is -3.51. The van der Waals surface area contributed by atoms with Crippen LogP contribution in [0.4, 0.5) is 5.82 Å². The molecule has 30 heavy (non-hydrogen) atoms. The van der Waals surface area contributed by atoms with Crippen LogP contribution >= 0.6 is 0 Å². The lowest BCUT2D eigenvalue weighted by Crippen LogP contribution is -2.37. The van der Waals surface area contributed by atoms with E-state index in [1.54, 1.807) is 0 Å². The van der Waals surface area contributed by atoms with Crippen LogP contribution in [0.2, 0.25) is 0 Å². The van der Waals surface area contributed by atoms with E-state index in [2.05, 4.69) is 10.3 Å². The van der Waals surface area contributed by atoms with Crippen LogP contribution in [-0.2, 0) is 23.9 Å². The number of carboxylic acids is 1. The van der Waals surface area contributed by atoms with Crippen molar-refractivity contribution < 1.29 is 39.2 Å². The molecule has 14 heteroatoms. The highest BCUT2D eigenvalue weighted by atomic mass is 16.6. The number of aliphatic carboxylic acids is 1. The van der Waals surface area contributed by atoms with E-state index in [1.807, 2.05) is 0 Å². The van der Waals surface area contributed by atoms with E-state index in [0.717, 1.165) is 10.8 Å². The Morgan fingerprint density at radius 1 is 1.33 bits per heavy atom. The predicted molar refractivity (Wildman–Crippen MR) is 97.9 cm³/mol. The molecule has 14 nitrogen and oxygen atoms in total. The minimum absolute atomic E-state index is 0.172. The van der Waals surface area contributed by atoms with E-state index in [4.69, 9.17) is 26.0 Å². The number of aliphatic hydroxyl groups is 2.